The molecule has 2 heterocycles. The average molecular weight is 340 g/mol. The molecule has 110 valence electrons. The van der Waals surface area contributed by atoms with Gasteiger partial charge in [0.05, 0.1) is 12.2 Å². The Kier molecular flexibility index (Phi) is 4.34. The van der Waals surface area contributed by atoms with Gasteiger partial charge in [-0.25, -0.2) is 0 Å². The maximum absolute atomic E-state index is 6.23. The van der Waals surface area contributed by atoms with E-state index in [-0.39, 0.29) is 12.2 Å². The lowest BCUT2D eigenvalue weighted by Gasteiger charge is -2.35. The predicted molar refractivity (Wildman–Crippen MR) is 83.2 cm³/mol. The van der Waals surface area contributed by atoms with E-state index in [0.29, 0.717) is 12.1 Å². The van der Waals surface area contributed by atoms with Crippen molar-refractivity contribution < 1.29 is 9.47 Å². The second kappa shape index (κ2) is 6.04. The highest BCUT2D eigenvalue weighted by molar-refractivity contribution is 9.10. The number of fused-ring (bicyclic) bond motifs is 1. The van der Waals surface area contributed by atoms with Crippen LogP contribution in [-0.4, -0.2) is 24.9 Å². The van der Waals surface area contributed by atoms with Crippen LogP contribution in [0, 0.1) is 0 Å². The topological polar surface area (TPSA) is 30.5 Å². The minimum Gasteiger partial charge on any atom is -0.487 e. The number of halogens is 1. The van der Waals surface area contributed by atoms with Gasteiger partial charge in [-0.3, -0.25) is 0 Å². The molecule has 1 saturated heterocycles. The van der Waals surface area contributed by atoms with E-state index in [2.05, 4.69) is 53.3 Å². The van der Waals surface area contributed by atoms with Gasteiger partial charge in [0, 0.05) is 22.5 Å². The third kappa shape index (κ3) is 2.87. The van der Waals surface area contributed by atoms with Crippen LogP contribution in [0.5, 0.6) is 5.75 Å². The second-order valence-electron chi connectivity index (χ2n) is 5.75. The molecule has 4 heteroatoms. The highest BCUT2D eigenvalue weighted by Crippen LogP contribution is 2.39. The largest absolute Gasteiger partial charge is 0.487 e. The predicted octanol–water partition coefficient (Wildman–Crippen LogP) is 3.82. The summed E-state index contributed by atoms with van der Waals surface area (Å²) in [5.74, 6) is 0.990. The molecule has 4 unspecified atom stereocenters. The van der Waals surface area contributed by atoms with Gasteiger partial charge in [-0.2, -0.15) is 0 Å². The Morgan fingerprint density at radius 3 is 2.85 bits per heavy atom. The summed E-state index contributed by atoms with van der Waals surface area (Å²) in [5.41, 5.74) is 1.26. The Hall–Kier alpha value is -0.580. The summed E-state index contributed by atoms with van der Waals surface area (Å²) in [4.78, 5) is 0. The molecule has 3 nitrogen and oxygen atoms in total. The normalized spacial score (nSPS) is 32.8. The molecule has 0 aliphatic carbocycles. The molecule has 0 radical (unpaired) electrons. The van der Waals surface area contributed by atoms with E-state index in [1.165, 1.54) is 5.56 Å². The van der Waals surface area contributed by atoms with Crippen LogP contribution >= 0.6 is 15.9 Å². The molecule has 0 aromatic heterocycles. The van der Waals surface area contributed by atoms with Crippen molar-refractivity contribution in [2.24, 2.45) is 0 Å². The number of hydrogen-bond donors (Lipinski definition) is 1. The highest BCUT2D eigenvalue weighted by Gasteiger charge is 2.37. The van der Waals surface area contributed by atoms with Crippen molar-refractivity contribution in [3.8, 4) is 5.75 Å². The van der Waals surface area contributed by atoms with Crippen LogP contribution in [0.25, 0.3) is 0 Å². The minimum absolute atomic E-state index is 0.158. The smallest absolute Gasteiger partial charge is 0.127 e. The first-order valence-corrected chi connectivity index (χ1v) is 8.31. The third-order valence-electron chi connectivity index (χ3n) is 4.23. The van der Waals surface area contributed by atoms with Crippen LogP contribution in [0.3, 0.4) is 0 Å². The van der Waals surface area contributed by atoms with Gasteiger partial charge >= 0.3 is 0 Å². The van der Waals surface area contributed by atoms with Gasteiger partial charge in [0.15, 0.2) is 0 Å². The lowest BCUT2D eigenvalue weighted by molar-refractivity contribution is -0.0299. The van der Waals surface area contributed by atoms with Crippen molar-refractivity contribution in [1.29, 1.82) is 0 Å². The standard InChI is InChI=1S/C16H22BrNO2/c1-3-18-13-9-16(14-7-4-10(2)19-14)20-15-8-11(17)5-6-12(13)15/h5-6,8,10,13-14,16,18H,3-4,7,9H2,1-2H3. The van der Waals surface area contributed by atoms with E-state index in [0.717, 1.165) is 36.0 Å². The maximum Gasteiger partial charge on any atom is 0.127 e. The summed E-state index contributed by atoms with van der Waals surface area (Å²) in [6, 6.07) is 6.67. The van der Waals surface area contributed by atoms with Gasteiger partial charge < -0.3 is 14.8 Å². The summed E-state index contributed by atoms with van der Waals surface area (Å²) >= 11 is 3.53. The summed E-state index contributed by atoms with van der Waals surface area (Å²) in [6.45, 7) is 5.26. The number of nitrogens with one attached hydrogen (secondary N) is 1. The summed E-state index contributed by atoms with van der Waals surface area (Å²) in [7, 11) is 0. The molecule has 0 saturated carbocycles. The molecule has 2 aliphatic heterocycles. The molecule has 4 atom stereocenters. The molecule has 1 aromatic carbocycles. The average Bonchev–Trinajstić information content (AvgIpc) is 2.85. The Morgan fingerprint density at radius 1 is 1.30 bits per heavy atom. The van der Waals surface area contributed by atoms with E-state index in [1.54, 1.807) is 0 Å². The zero-order valence-electron chi connectivity index (χ0n) is 12.1. The van der Waals surface area contributed by atoms with Crippen LogP contribution in [0.4, 0.5) is 0 Å². The summed E-state index contributed by atoms with van der Waals surface area (Å²) < 4.78 is 13.3. The maximum atomic E-state index is 6.23. The molecule has 2 aliphatic rings. The van der Waals surface area contributed by atoms with E-state index in [1.807, 2.05) is 0 Å². The molecular formula is C16H22BrNO2. The van der Waals surface area contributed by atoms with Gasteiger partial charge in [0.25, 0.3) is 0 Å². The SMILES string of the molecule is CCNC1CC(C2CCC(C)O2)Oc2cc(Br)ccc21. The van der Waals surface area contributed by atoms with Crippen molar-refractivity contribution in [3.05, 3.63) is 28.2 Å². The monoisotopic (exact) mass is 339 g/mol. The van der Waals surface area contributed by atoms with Crippen molar-refractivity contribution in [2.75, 3.05) is 6.54 Å². The van der Waals surface area contributed by atoms with E-state index in [9.17, 15) is 0 Å². The molecular weight excluding hydrogens is 318 g/mol. The molecule has 1 aromatic rings. The first-order chi connectivity index (χ1) is 9.67. The van der Waals surface area contributed by atoms with Crippen LogP contribution < -0.4 is 10.1 Å². The van der Waals surface area contributed by atoms with Crippen LogP contribution in [0.1, 0.15) is 44.7 Å². The van der Waals surface area contributed by atoms with Gasteiger partial charge in [0.1, 0.15) is 11.9 Å². The van der Waals surface area contributed by atoms with Gasteiger partial charge in [-0.15, -0.1) is 0 Å². The van der Waals surface area contributed by atoms with Gasteiger partial charge in [-0.05, 0) is 38.4 Å². The van der Waals surface area contributed by atoms with E-state index >= 15 is 0 Å². The van der Waals surface area contributed by atoms with Crippen molar-refractivity contribution in [2.45, 2.75) is 57.5 Å². The quantitative estimate of drug-likeness (QED) is 0.907. The number of hydrogen-bond acceptors (Lipinski definition) is 3. The van der Waals surface area contributed by atoms with Crippen molar-refractivity contribution in [1.82, 2.24) is 5.32 Å². The van der Waals surface area contributed by atoms with Gasteiger partial charge in [-0.1, -0.05) is 28.9 Å². The van der Waals surface area contributed by atoms with Crippen molar-refractivity contribution >= 4 is 15.9 Å². The first-order valence-electron chi connectivity index (χ1n) is 7.52. The lowest BCUT2D eigenvalue weighted by Crippen LogP contribution is -2.40. The Labute approximate surface area is 129 Å². The van der Waals surface area contributed by atoms with Crippen LogP contribution in [0.15, 0.2) is 22.7 Å². The summed E-state index contributed by atoms with van der Waals surface area (Å²) in [5, 5.41) is 3.57. The fraction of sp³-hybridized carbons (Fsp3) is 0.625. The second-order valence-corrected chi connectivity index (χ2v) is 6.66. The zero-order valence-corrected chi connectivity index (χ0v) is 13.7. The number of benzene rings is 1. The van der Waals surface area contributed by atoms with Crippen molar-refractivity contribution in [3.63, 3.8) is 0 Å². The van der Waals surface area contributed by atoms with E-state index < -0.39 is 0 Å². The first kappa shape index (κ1) is 14.4. The highest BCUT2D eigenvalue weighted by atomic mass is 79.9. The van der Waals surface area contributed by atoms with Crippen LogP contribution in [-0.2, 0) is 4.74 Å². The Balaban J connectivity index is 1.83. The molecule has 0 amide bonds. The Morgan fingerprint density at radius 2 is 2.15 bits per heavy atom. The molecule has 20 heavy (non-hydrogen) atoms. The third-order valence-corrected chi connectivity index (χ3v) is 4.72. The van der Waals surface area contributed by atoms with Crippen LogP contribution in [0.2, 0.25) is 0 Å². The lowest BCUT2D eigenvalue weighted by atomic mass is 9.93. The fourth-order valence-electron chi connectivity index (χ4n) is 3.24. The molecule has 0 spiro atoms. The fourth-order valence-corrected chi connectivity index (χ4v) is 3.58. The molecule has 0 bridgehead atoms. The number of ether oxygens (including phenoxy) is 2. The number of rotatable bonds is 3. The zero-order chi connectivity index (χ0) is 14.1. The molecule has 3 rings (SSSR count). The van der Waals surface area contributed by atoms with Gasteiger partial charge in [0.2, 0.25) is 0 Å². The molecule has 1 fully saturated rings. The minimum atomic E-state index is 0.158. The molecule has 1 N–H and O–H groups in total. The Bertz CT molecular complexity index is 480. The summed E-state index contributed by atoms with van der Waals surface area (Å²) in [6.07, 6.45) is 3.99. The van der Waals surface area contributed by atoms with E-state index in [4.69, 9.17) is 9.47 Å².